The van der Waals surface area contributed by atoms with Gasteiger partial charge >= 0.3 is 5.97 Å². The molecule has 1 N–H and O–H groups in total. The lowest BCUT2D eigenvalue weighted by atomic mass is 10.1. The first-order valence-corrected chi connectivity index (χ1v) is 13.3. The molecule has 9 heteroatoms. The van der Waals surface area contributed by atoms with E-state index in [9.17, 15) is 13.2 Å². The van der Waals surface area contributed by atoms with Crippen molar-refractivity contribution in [2.75, 3.05) is 4.31 Å². The second kappa shape index (κ2) is 9.99. The summed E-state index contributed by atoms with van der Waals surface area (Å²) in [6, 6.07) is 10.9. The number of sulfonamides is 1. The minimum absolute atomic E-state index is 0.0534. The Balaban J connectivity index is 1.66. The Labute approximate surface area is 203 Å². The molecule has 1 aliphatic carbocycles. The SMILES string of the molecule is CC(C)N(c1cc2c(cc1OCc1ccc(/C=C/C(=O)O)cc1)CCC2)S(=O)(=O)c1nccs1. The maximum absolute atomic E-state index is 13.5. The monoisotopic (exact) mass is 498 g/mol. The molecule has 0 saturated carbocycles. The van der Waals surface area contributed by atoms with Gasteiger partial charge < -0.3 is 9.84 Å². The van der Waals surface area contributed by atoms with Crippen molar-refractivity contribution in [1.82, 2.24) is 4.98 Å². The van der Waals surface area contributed by atoms with Crippen LogP contribution in [-0.4, -0.2) is 30.5 Å². The van der Waals surface area contributed by atoms with E-state index < -0.39 is 16.0 Å². The van der Waals surface area contributed by atoms with Crippen LogP contribution in [0.2, 0.25) is 0 Å². The van der Waals surface area contributed by atoms with E-state index in [-0.39, 0.29) is 17.0 Å². The van der Waals surface area contributed by atoms with E-state index in [2.05, 4.69) is 4.98 Å². The van der Waals surface area contributed by atoms with Crippen LogP contribution in [-0.2, 0) is 34.3 Å². The average molecular weight is 499 g/mol. The molecule has 0 unspecified atom stereocenters. The standard InChI is InChI=1S/C25H26N2O5S2/c1-17(2)27(34(30,31)25-26-12-13-33-25)22-14-20-4-3-5-21(20)15-23(22)32-16-19-8-6-18(7-9-19)10-11-24(28)29/h6-15,17H,3-5,16H2,1-2H3,(H,28,29)/b11-10+. The summed E-state index contributed by atoms with van der Waals surface area (Å²) < 4.78 is 34.6. The Bertz CT molecular complexity index is 1300. The first-order chi connectivity index (χ1) is 16.3. The minimum atomic E-state index is -3.85. The van der Waals surface area contributed by atoms with Crippen LogP contribution in [0.3, 0.4) is 0 Å². The van der Waals surface area contributed by atoms with Crippen LogP contribution in [0.25, 0.3) is 6.08 Å². The topological polar surface area (TPSA) is 96.8 Å². The van der Waals surface area contributed by atoms with E-state index in [0.29, 0.717) is 11.4 Å². The van der Waals surface area contributed by atoms with Crippen LogP contribution in [0.5, 0.6) is 5.75 Å². The van der Waals surface area contributed by atoms with Crippen molar-refractivity contribution >= 4 is 39.1 Å². The molecule has 1 heterocycles. The molecule has 0 atom stereocenters. The van der Waals surface area contributed by atoms with E-state index in [1.54, 1.807) is 5.38 Å². The summed E-state index contributed by atoms with van der Waals surface area (Å²) in [7, 11) is -3.85. The van der Waals surface area contributed by atoms with Crippen molar-refractivity contribution in [3.05, 3.63) is 76.3 Å². The van der Waals surface area contributed by atoms with E-state index in [1.807, 2.05) is 50.2 Å². The van der Waals surface area contributed by atoms with Crippen molar-refractivity contribution in [3.8, 4) is 5.75 Å². The molecule has 4 rings (SSSR count). The number of carboxylic acid groups (broad SMARTS) is 1. The highest BCUT2D eigenvalue weighted by molar-refractivity contribution is 7.94. The quantitative estimate of drug-likeness (QED) is 0.421. The van der Waals surface area contributed by atoms with Crippen molar-refractivity contribution in [1.29, 1.82) is 0 Å². The molecule has 34 heavy (non-hydrogen) atoms. The van der Waals surface area contributed by atoms with Crippen LogP contribution in [0.1, 0.15) is 42.5 Å². The number of carboxylic acids is 1. The van der Waals surface area contributed by atoms with E-state index in [4.69, 9.17) is 9.84 Å². The smallest absolute Gasteiger partial charge is 0.328 e. The van der Waals surface area contributed by atoms with Gasteiger partial charge in [-0.3, -0.25) is 4.31 Å². The number of anilines is 1. The Morgan fingerprint density at radius 3 is 2.53 bits per heavy atom. The highest BCUT2D eigenvalue weighted by atomic mass is 32.2. The highest BCUT2D eigenvalue weighted by Gasteiger charge is 2.33. The fourth-order valence-electron chi connectivity index (χ4n) is 4.04. The molecule has 0 amide bonds. The predicted molar refractivity (Wildman–Crippen MR) is 133 cm³/mol. The molecular weight excluding hydrogens is 472 g/mol. The summed E-state index contributed by atoms with van der Waals surface area (Å²) in [5.41, 5.74) is 4.51. The zero-order chi connectivity index (χ0) is 24.3. The van der Waals surface area contributed by atoms with Crippen LogP contribution in [0.4, 0.5) is 5.69 Å². The Morgan fingerprint density at radius 1 is 1.21 bits per heavy atom. The molecule has 1 aromatic heterocycles. The summed E-state index contributed by atoms with van der Waals surface area (Å²) in [5.74, 6) is -0.483. The molecule has 1 aliphatic rings. The average Bonchev–Trinajstić information content (AvgIpc) is 3.48. The Kier molecular flexibility index (Phi) is 7.04. The predicted octanol–water partition coefficient (Wildman–Crippen LogP) is 4.91. The van der Waals surface area contributed by atoms with Gasteiger partial charge in [0, 0.05) is 23.7 Å². The van der Waals surface area contributed by atoms with Gasteiger partial charge in [-0.25, -0.2) is 9.78 Å². The first kappa shape index (κ1) is 24.0. The lowest BCUT2D eigenvalue weighted by Gasteiger charge is -2.29. The fourth-order valence-corrected chi connectivity index (χ4v) is 6.61. The number of thiazole rings is 1. The zero-order valence-electron chi connectivity index (χ0n) is 19.0. The summed E-state index contributed by atoms with van der Waals surface area (Å²) >= 11 is 1.10. The largest absolute Gasteiger partial charge is 0.487 e. The molecular formula is C25H26N2O5S2. The lowest BCUT2D eigenvalue weighted by Crippen LogP contribution is -2.37. The van der Waals surface area contributed by atoms with Crippen molar-refractivity contribution in [2.45, 2.75) is 50.1 Å². The second-order valence-electron chi connectivity index (χ2n) is 8.34. The van der Waals surface area contributed by atoms with Crippen LogP contribution in [0.15, 0.2) is 58.4 Å². The van der Waals surface area contributed by atoms with Crippen LogP contribution >= 0.6 is 11.3 Å². The van der Waals surface area contributed by atoms with Gasteiger partial charge in [0.1, 0.15) is 12.4 Å². The normalized spacial score (nSPS) is 13.4. The minimum Gasteiger partial charge on any atom is -0.487 e. The number of benzene rings is 2. The number of hydrogen-bond donors (Lipinski definition) is 1. The molecule has 2 aromatic carbocycles. The Hall–Kier alpha value is -3.17. The van der Waals surface area contributed by atoms with Crippen molar-refractivity contribution in [3.63, 3.8) is 0 Å². The third-order valence-electron chi connectivity index (χ3n) is 5.56. The summed E-state index contributed by atoms with van der Waals surface area (Å²) in [5, 5.41) is 10.4. The number of nitrogens with zero attached hydrogens (tertiary/aromatic N) is 2. The van der Waals surface area contributed by atoms with E-state index >= 15 is 0 Å². The third-order valence-corrected chi connectivity index (χ3v) is 8.73. The molecule has 0 aliphatic heterocycles. The number of fused-ring (bicyclic) bond motifs is 1. The van der Waals surface area contributed by atoms with Gasteiger partial charge in [-0.15, -0.1) is 11.3 Å². The number of aryl methyl sites for hydroxylation is 2. The van der Waals surface area contributed by atoms with Crippen LogP contribution < -0.4 is 9.04 Å². The zero-order valence-corrected chi connectivity index (χ0v) is 20.6. The van der Waals surface area contributed by atoms with Gasteiger partial charge in [0.25, 0.3) is 10.0 Å². The third kappa shape index (κ3) is 5.15. The molecule has 0 bridgehead atoms. The first-order valence-electron chi connectivity index (χ1n) is 11.0. The molecule has 7 nitrogen and oxygen atoms in total. The highest BCUT2D eigenvalue weighted by Crippen LogP contribution is 2.39. The van der Waals surface area contributed by atoms with Gasteiger partial charge in [0.15, 0.2) is 0 Å². The number of aliphatic carboxylic acids is 1. The number of aromatic nitrogens is 1. The molecule has 0 radical (unpaired) electrons. The maximum atomic E-state index is 13.5. The van der Waals surface area contributed by atoms with Crippen molar-refractivity contribution in [2.24, 2.45) is 0 Å². The molecule has 178 valence electrons. The van der Waals surface area contributed by atoms with Gasteiger partial charge in [0.2, 0.25) is 4.34 Å². The van der Waals surface area contributed by atoms with Gasteiger partial charge in [-0.05, 0) is 73.6 Å². The molecule has 3 aromatic rings. The Morgan fingerprint density at radius 2 is 1.91 bits per heavy atom. The van der Waals surface area contributed by atoms with Gasteiger partial charge in [-0.2, -0.15) is 8.42 Å². The lowest BCUT2D eigenvalue weighted by molar-refractivity contribution is -0.131. The van der Waals surface area contributed by atoms with Gasteiger partial charge in [0.05, 0.1) is 5.69 Å². The number of hydrogen-bond acceptors (Lipinski definition) is 6. The van der Waals surface area contributed by atoms with E-state index in [1.165, 1.54) is 22.1 Å². The summed E-state index contributed by atoms with van der Waals surface area (Å²) in [6.45, 7) is 3.93. The number of ether oxygens (including phenoxy) is 1. The maximum Gasteiger partial charge on any atom is 0.328 e. The second-order valence-corrected chi connectivity index (χ2v) is 11.2. The number of carbonyl (C=O) groups is 1. The number of rotatable bonds is 9. The summed E-state index contributed by atoms with van der Waals surface area (Å²) in [4.78, 5) is 14.8. The van der Waals surface area contributed by atoms with E-state index in [0.717, 1.165) is 53.4 Å². The molecule has 0 fully saturated rings. The summed E-state index contributed by atoms with van der Waals surface area (Å²) in [6.07, 6.45) is 6.99. The van der Waals surface area contributed by atoms with Gasteiger partial charge in [-0.1, -0.05) is 24.3 Å². The molecule has 0 saturated heterocycles. The molecule has 0 spiro atoms. The van der Waals surface area contributed by atoms with Crippen molar-refractivity contribution < 1.29 is 23.1 Å². The fraction of sp³-hybridized carbons (Fsp3) is 0.280. The van der Waals surface area contributed by atoms with Crippen LogP contribution in [0, 0.1) is 0 Å².